The molecule has 2 nitrogen and oxygen atoms in total. The van der Waals surface area contributed by atoms with E-state index in [2.05, 4.69) is 37.9 Å². The van der Waals surface area contributed by atoms with Crippen molar-refractivity contribution in [3.8, 4) is 5.75 Å². The summed E-state index contributed by atoms with van der Waals surface area (Å²) in [6, 6.07) is 5.84. The molecular weight excluding hydrogens is 438 g/mol. The molecule has 3 unspecified atom stereocenters. The van der Waals surface area contributed by atoms with E-state index in [9.17, 15) is 0 Å². The van der Waals surface area contributed by atoms with Gasteiger partial charge in [0.15, 0.2) is 0 Å². The highest BCUT2D eigenvalue weighted by atomic mass is 79.9. The summed E-state index contributed by atoms with van der Waals surface area (Å²) in [6.45, 7) is 0. The lowest BCUT2D eigenvalue weighted by molar-refractivity contribution is 0.509. The second-order valence-corrected chi connectivity index (χ2v) is 7.59. The van der Waals surface area contributed by atoms with Crippen LogP contribution in [0.2, 0.25) is 0 Å². The summed E-state index contributed by atoms with van der Waals surface area (Å²) >= 11 is 18.8. The smallest absolute Gasteiger partial charge is 0.212 e. The van der Waals surface area contributed by atoms with Gasteiger partial charge < -0.3 is 9.42 Å². The zero-order valence-electron chi connectivity index (χ0n) is 10.1. The molecule has 3 atom stereocenters. The van der Waals surface area contributed by atoms with Gasteiger partial charge in [0.05, 0.1) is 0 Å². The maximum atomic E-state index is 8.99. The van der Waals surface area contributed by atoms with E-state index in [0.29, 0.717) is 17.5 Å². The van der Waals surface area contributed by atoms with Crippen molar-refractivity contribution in [2.75, 3.05) is 11.8 Å². The van der Waals surface area contributed by atoms with Gasteiger partial charge >= 0.3 is 0 Å². The second-order valence-electron chi connectivity index (χ2n) is 4.00. The van der Waals surface area contributed by atoms with E-state index in [4.69, 9.17) is 32.6 Å². The van der Waals surface area contributed by atoms with Gasteiger partial charge in [-0.05, 0) is 30.0 Å². The van der Waals surface area contributed by atoms with E-state index in [-0.39, 0.29) is 9.65 Å². The van der Waals surface area contributed by atoms with Crippen LogP contribution in [0.25, 0.3) is 0 Å². The number of rotatable bonds is 8. The molecule has 0 spiro atoms. The Morgan fingerprint density at radius 3 is 2.37 bits per heavy atom. The fourth-order valence-electron chi connectivity index (χ4n) is 1.75. The van der Waals surface area contributed by atoms with Crippen molar-refractivity contribution >= 4 is 64.1 Å². The molecule has 0 aliphatic carbocycles. The molecule has 0 heterocycles. The Morgan fingerprint density at radius 2 is 1.79 bits per heavy atom. The Morgan fingerprint density at radius 1 is 1.16 bits per heavy atom. The normalized spacial score (nSPS) is 14.8. The first-order valence-electron chi connectivity index (χ1n) is 5.69. The highest BCUT2D eigenvalue weighted by Gasteiger charge is 2.16. The van der Waals surface area contributed by atoms with Crippen molar-refractivity contribution in [1.82, 2.24) is 0 Å². The number of benzene rings is 1. The Balaban J connectivity index is 3.02. The predicted molar refractivity (Wildman–Crippen MR) is 91.9 cm³/mol. The van der Waals surface area contributed by atoms with Crippen molar-refractivity contribution in [2.24, 2.45) is 0 Å². The van der Waals surface area contributed by atoms with Crippen molar-refractivity contribution in [3.05, 3.63) is 29.3 Å². The molecule has 0 radical (unpaired) electrons. The standard InChI is InChI=1S/C12H15Br2Cl2O2P/c13-9(6-15)4-8-2-1-3-12(18-19-17)11(8)5-10(14)7-16/h1-3,9-10,17,19H,4-7H2. The van der Waals surface area contributed by atoms with E-state index in [1.165, 1.54) is 0 Å². The summed E-state index contributed by atoms with van der Waals surface area (Å²) in [4.78, 5) is 9.38. The Bertz CT molecular complexity index is 396. The summed E-state index contributed by atoms with van der Waals surface area (Å²) in [5.41, 5.74) is 2.23. The first kappa shape index (κ1) is 18.0. The molecule has 7 heteroatoms. The first-order chi connectivity index (χ1) is 9.12. The first-order valence-corrected chi connectivity index (χ1v) is 9.44. The van der Waals surface area contributed by atoms with Crippen LogP contribution < -0.4 is 4.52 Å². The average molecular weight is 453 g/mol. The largest absolute Gasteiger partial charge is 0.450 e. The highest BCUT2D eigenvalue weighted by Crippen LogP contribution is 2.30. The summed E-state index contributed by atoms with van der Waals surface area (Å²) in [6.07, 6.45) is 1.56. The molecule has 1 aromatic carbocycles. The fourth-order valence-corrected chi connectivity index (χ4v) is 2.93. The molecule has 0 aliphatic heterocycles. The van der Waals surface area contributed by atoms with Gasteiger partial charge in [-0.25, -0.2) is 0 Å². The maximum absolute atomic E-state index is 8.99. The third-order valence-corrected chi connectivity index (χ3v) is 5.68. The number of halogens is 4. The van der Waals surface area contributed by atoms with Crippen molar-refractivity contribution in [1.29, 1.82) is 0 Å². The van der Waals surface area contributed by atoms with Crippen LogP contribution in [0, 0.1) is 0 Å². The predicted octanol–water partition coefficient (Wildman–Crippen LogP) is 4.66. The quantitative estimate of drug-likeness (QED) is 0.459. The number of hydrogen-bond acceptors (Lipinski definition) is 2. The molecule has 1 rings (SSSR count). The number of alkyl halides is 4. The topological polar surface area (TPSA) is 29.5 Å². The lowest BCUT2D eigenvalue weighted by Gasteiger charge is -2.17. The molecule has 0 amide bonds. The van der Waals surface area contributed by atoms with Gasteiger partial charge in [0.1, 0.15) is 5.75 Å². The van der Waals surface area contributed by atoms with Gasteiger partial charge in [-0.15, -0.1) is 23.2 Å². The van der Waals surface area contributed by atoms with Gasteiger partial charge in [-0.1, -0.05) is 44.0 Å². The Kier molecular flexibility index (Phi) is 9.29. The molecular formula is C12H15Br2Cl2O2P. The summed E-state index contributed by atoms with van der Waals surface area (Å²) in [5, 5.41) is 0. The molecule has 0 aliphatic rings. The minimum atomic E-state index is -0.565. The molecule has 1 aromatic rings. The van der Waals surface area contributed by atoms with Crippen LogP contribution in [0.4, 0.5) is 0 Å². The van der Waals surface area contributed by atoms with Crippen LogP contribution in [0.3, 0.4) is 0 Å². The van der Waals surface area contributed by atoms with E-state index in [1.807, 2.05) is 12.1 Å². The van der Waals surface area contributed by atoms with Crippen LogP contribution in [-0.4, -0.2) is 26.3 Å². The molecule has 0 saturated heterocycles. The fraction of sp³-hybridized carbons (Fsp3) is 0.500. The van der Waals surface area contributed by atoms with Crippen molar-refractivity contribution in [3.63, 3.8) is 0 Å². The zero-order valence-corrected chi connectivity index (χ0v) is 15.8. The van der Waals surface area contributed by atoms with Gasteiger partial charge in [0.25, 0.3) is 0 Å². The van der Waals surface area contributed by atoms with Gasteiger partial charge in [-0.3, -0.25) is 0 Å². The molecule has 19 heavy (non-hydrogen) atoms. The van der Waals surface area contributed by atoms with Crippen LogP contribution in [0.5, 0.6) is 5.75 Å². The third kappa shape index (κ3) is 6.07. The lowest BCUT2D eigenvalue weighted by atomic mass is 9.98. The van der Waals surface area contributed by atoms with E-state index < -0.39 is 9.03 Å². The van der Waals surface area contributed by atoms with E-state index in [1.54, 1.807) is 0 Å². The summed E-state index contributed by atoms with van der Waals surface area (Å²) < 4.78 is 5.31. The summed E-state index contributed by atoms with van der Waals surface area (Å²) in [7, 11) is -0.565. The van der Waals surface area contributed by atoms with Crippen LogP contribution >= 0.6 is 64.1 Å². The second kappa shape index (κ2) is 9.81. The number of hydrogen-bond donors (Lipinski definition) is 1. The third-order valence-electron chi connectivity index (χ3n) is 2.59. The molecule has 1 N–H and O–H groups in total. The molecule has 108 valence electrons. The summed E-state index contributed by atoms with van der Waals surface area (Å²) in [5.74, 6) is 1.77. The molecule has 0 aromatic heterocycles. The minimum absolute atomic E-state index is 0.171. The maximum Gasteiger partial charge on any atom is 0.212 e. The van der Waals surface area contributed by atoms with Crippen LogP contribution in [-0.2, 0) is 12.8 Å². The zero-order chi connectivity index (χ0) is 14.3. The lowest BCUT2D eigenvalue weighted by Crippen LogP contribution is -2.11. The van der Waals surface area contributed by atoms with E-state index in [0.717, 1.165) is 24.0 Å². The van der Waals surface area contributed by atoms with E-state index >= 15 is 0 Å². The molecule has 0 fully saturated rings. The van der Waals surface area contributed by atoms with Crippen LogP contribution in [0.15, 0.2) is 18.2 Å². The minimum Gasteiger partial charge on any atom is -0.450 e. The highest BCUT2D eigenvalue weighted by molar-refractivity contribution is 9.09. The molecule has 0 bridgehead atoms. The van der Waals surface area contributed by atoms with Crippen molar-refractivity contribution in [2.45, 2.75) is 22.5 Å². The Labute approximate surface area is 142 Å². The van der Waals surface area contributed by atoms with Crippen LogP contribution in [0.1, 0.15) is 11.1 Å². The molecule has 0 saturated carbocycles. The van der Waals surface area contributed by atoms with Gasteiger partial charge in [0, 0.05) is 21.4 Å². The SMILES string of the molecule is OPOc1cccc(CC(Br)CCl)c1CC(Br)CCl. The Hall–Kier alpha value is 0.950. The average Bonchev–Trinajstić information content (AvgIpc) is 2.42. The van der Waals surface area contributed by atoms with Gasteiger partial charge in [0.2, 0.25) is 9.03 Å². The van der Waals surface area contributed by atoms with Gasteiger partial charge in [-0.2, -0.15) is 0 Å². The van der Waals surface area contributed by atoms with Crippen molar-refractivity contribution < 1.29 is 9.42 Å². The monoisotopic (exact) mass is 450 g/mol.